The number of benzene rings is 2. The van der Waals surface area contributed by atoms with Gasteiger partial charge in [-0.15, -0.1) is 0 Å². The topological polar surface area (TPSA) is 57.7 Å². The second-order valence-corrected chi connectivity index (χ2v) is 11.1. The van der Waals surface area contributed by atoms with Crippen LogP contribution < -0.4 is 9.47 Å². The molecule has 5 nitrogen and oxygen atoms in total. The molecule has 1 heterocycles. The van der Waals surface area contributed by atoms with E-state index < -0.39 is 18.5 Å². The second-order valence-electron chi connectivity index (χ2n) is 10.3. The summed E-state index contributed by atoms with van der Waals surface area (Å²) >= 11 is 12.7. The molecule has 0 radical (unpaired) electrons. The Morgan fingerprint density at radius 2 is 1.70 bits per heavy atom. The van der Waals surface area contributed by atoms with Crippen LogP contribution in [-0.4, -0.2) is 24.2 Å². The predicted molar refractivity (Wildman–Crippen MR) is 153 cm³/mol. The molecule has 40 heavy (non-hydrogen) atoms. The molecule has 1 aromatic heterocycles. The molecular weight excluding hydrogens is 559 g/mol. The van der Waals surface area contributed by atoms with Crippen LogP contribution in [0.4, 0.5) is 8.78 Å². The van der Waals surface area contributed by atoms with Gasteiger partial charge >= 0.3 is 12.6 Å². The lowest BCUT2D eigenvalue weighted by Gasteiger charge is -2.17. The fourth-order valence-electron chi connectivity index (χ4n) is 4.07. The van der Waals surface area contributed by atoms with Crippen LogP contribution in [0.3, 0.4) is 0 Å². The lowest BCUT2D eigenvalue weighted by atomic mass is 9.97. The summed E-state index contributed by atoms with van der Waals surface area (Å²) in [5.41, 5.74) is 2.77. The van der Waals surface area contributed by atoms with Crippen LogP contribution in [-0.2, 0) is 16.0 Å². The molecular formula is C31H31Cl2F2NO4. The number of ether oxygens (including phenoxy) is 3. The van der Waals surface area contributed by atoms with E-state index in [1.54, 1.807) is 6.92 Å². The highest BCUT2D eigenvalue weighted by Crippen LogP contribution is 2.37. The van der Waals surface area contributed by atoms with Crippen LogP contribution in [0.2, 0.25) is 10.0 Å². The predicted octanol–water partition coefficient (Wildman–Crippen LogP) is 8.82. The molecule has 1 saturated carbocycles. The molecule has 3 aromatic rings. The van der Waals surface area contributed by atoms with E-state index in [4.69, 9.17) is 32.7 Å². The van der Waals surface area contributed by atoms with Gasteiger partial charge in [0.05, 0.1) is 22.6 Å². The number of rotatable bonds is 12. The summed E-state index contributed by atoms with van der Waals surface area (Å²) < 4.78 is 42.5. The average molecular weight is 590 g/mol. The first kappa shape index (κ1) is 29.8. The third kappa shape index (κ3) is 8.18. The molecule has 2 aromatic carbocycles. The summed E-state index contributed by atoms with van der Waals surface area (Å²) in [4.78, 5) is 17.3. The molecule has 0 amide bonds. The van der Waals surface area contributed by atoms with E-state index in [1.807, 2.05) is 24.3 Å². The molecule has 1 aliphatic carbocycles. The number of nitrogens with zero attached hydrogens (tertiary/aromatic N) is 1. The Bertz CT molecular complexity index is 1340. The number of carbonyl (C=O) groups is 1. The van der Waals surface area contributed by atoms with Gasteiger partial charge in [-0.05, 0) is 73.4 Å². The van der Waals surface area contributed by atoms with Crippen LogP contribution in [0.5, 0.6) is 11.5 Å². The van der Waals surface area contributed by atoms with Gasteiger partial charge in [0.25, 0.3) is 0 Å². The molecule has 0 unspecified atom stereocenters. The molecule has 1 fully saturated rings. The van der Waals surface area contributed by atoms with E-state index in [0.717, 1.165) is 24.8 Å². The zero-order chi connectivity index (χ0) is 28.8. The lowest BCUT2D eigenvalue weighted by Crippen LogP contribution is -2.13. The number of pyridine rings is 1. The van der Waals surface area contributed by atoms with Gasteiger partial charge in [0, 0.05) is 23.5 Å². The van der Waals surface area contributed by atoms with Crippen molar-refractivity contribution >= 4 is 41.0 Å². The highest BCUT2D eigenvalue weighted by Gasteiger charge is 2.25. The van der Waals surface area contributed by atoms with Crippen molar-refractivity contribution in [3.8, 4) is 11.5 Å². The Balaban J connectivity index is 1.67. The van der Waals surface area contributed by atoms with Crippen molar-refractivity contribution in [2.24, 2.45) is 11.8 Å². The quantitative estimate of drug-likeness (QED) is 0.156. The van der Waals surface area contributed by atoms with Crippen LogP contribution in [0.25, 0.3) is 11.8 Å². The van der Waals surface area contributed by atoms with E-state index in [0.29, 0.717) is 29.6 Å². The Hall–Kier alpha value is -3.16. The summed E-state index contributed by atoms with van der Waals surface area (Å²) in [6.45, 7) is 3.40. The number of aromatic nitrogens is 1. The molecule has 9 heteroatoms. The second kappa shape index (κ2) is 13.5. The molecule has 1 aliphatic rings. The van der Waals surface area contributed by atoms with E-state index in [-0.39, 0.29) is 27.3 Å². The van der Waals surface area contributed by atoms with E-state index in [1.165, 1.54) is 42.2 Å². The van der Waals surface area contributed by atoms with Crippen molar-refractivity contribution in [1.82, 2.24) is 4.98 Å². The Morgan fingerprint density at radius 3 is 2.30 bits per heavy atom. The molecule has 0 aliphatic heterocycles. The maximum absolute atomic E-state index is 13.4. The van der Waals surface area contributed by atoms with Gasteiger partial charge in [0.2, 0.25) is 0 Å². The SMILES string of the molecule is CC(C)Cc1ccc([C@H](C)C(=O)OC(=Cc2c(Cl)cncc2Cl)c2ccc(OC(F)F)c(OCC3CC3)c2)cc1. The Morgan fingerprint density at radius 1 is 1.02 bits per heavy atom. The minimum atomic E-state index is -3.02. The van der Waals surface area contributed by atoms with Crippen LogP contribution in [0, 0.1) is 11.8 Å². The molecule has 1 atom stereocenters. The molecule has 0 spiro atoms. The molecule has 0 saturated heterocycles. The number of halogens is 4. The summed E-state index contributed by atoms with van der Waals surface area (Å²) in [6, 6.07) is 12.2. The smallest absolute Gasteiger partial charge is 0.387 e. The van der Waals surface area contributed by atoms with Crippen molar-refractivity contribution in [3.63, 3.8) is 0 Å². The largest absolute Gasteiger partial charge is 0.489 e. The van der Waals surface area contributed by atoms with Gasteiger partial charge in [-0.2, -0.15) is 8.78 Å². The standard InChI is InChI=1S/C31H31Cl2F2NO4/c1-18(2)12-20-6-8-22(9-7-20)19(3)30(37)39-28(14-24-25(32)15-36-16-26(24)33)23-10-11-27(40-31(34)35)29(13-23)38-17-21-4-5-21/h6-11,13-16,18-19,21,31H,4-5,12,17H2,1-3H3/t19-/m0/s1. The molecule has 0 bridgehead atoms. The fourth-order valence-corrected chi connectivity index (χ4v) is 4.54. The monoisotopic (exact) mass is 589 g/mol. The third-order valence-electron chi connectivity index (χ3n) is 6.47. The number of hydrogen-bond acceptors (Lipinski definition) is 5. The van der Waals surface area contributed by atoms with Crippen molar-refractivity contribution in [2.75, 3.05) is 6.61 Å². The Kier molecular flexibility index (Phi) is 10.0. The first-order chi connectivity index (χ1) is 19.1. The van der Waals surface area contributed by atoms with Crippen molar-refractivity contribution in [1.29, 1.82) is 0 Å². The summed E-state index contributed by atoms with van der Waals surface area (Å²) in [7, 11) is 0. The first-order valence-electron chi connectivity index (χ1n) is 13.1. The van der Waals surface area contributed by atoms with E-state index in [9.17, 15) is 13.6 Å². The number of carbonyl (C=O) groups excluding carboxylic acids is 1. The van der Waals surface area contributed by atoms with Crippen molar-refractivity contribution < 1.29 is 27.8 Å². The van der Waals surface area contributed by atoms with E-state index >= 15 is 0 Å². The van der Waals surface area contributed by atoms with Crippen LogP contribution in [0.15, 0.2) is 54.9 Å². The van der Waals surface area contributed by atoms with Gasteiger partial charge < -0.3 is 14.2 Å². The van der Waals surface area contributed by atoms with Crippen molar-refractivity contribution in [3.05, 3.63) is 87.2 Å². The van der Waals surface area contributed by atoms with E-state index in [2.05, 4.69) is 23.6 Å². The van der Waals surface area contributed by atoms with Crippen LogP contribution in [0.1, 0.15) is 61.8 Å². The van der Waals surface area contributed by atoms with Gasteiger partial charge in [0.15, 0.2) is 11.5 Å². The molecule has 4 rings (SSSR count). The van der Waals surface area contributed by atoms with Gasteiger partial charge in [-0.3, -0.25) is 9.78 Å². The molecule has 212 valence electrons. The zero-order valence-corrected chi connectivity index (χ0v) is 24.0. The normalized spacial score (nSPS) is 14.4. The number of alkyl halides is 2. The van der Waals surface area contributed by atoms with Gasteiger partial charge in [-0.25, -0.2) is 0 Å². The third-order valence-corrected chi connectivity index (χ3v) is 7.07. The number of hydrogen-bond donors (Lipinski definition) is 0. The Labute approximate surface area is 243 Å². The maximum atomic E-state index is 13.4. The average Bonchev–Trinajstić information content (AvgIpc) is 3.73. The van der Waals surface area contributed by atoms with Gasteiger partial charge in [-0.1, -0.05) is 61.3 Å². The number of esters is 1. The minimum absolute atomic E-state index is 0.111. The first-order valence-corrected chi connectivity index (χ1v) is 13.9. The van der Waals surface area contributed by atoms with Crippen LogP contribution >= 0.6 is 23.2 Å². The highest BCUT2D eigenvalue weighted by molar-refractivity contribution is 6.37. The summed E-state index contributed by atoms with van der Waals surface area (Å²) in [6.07, 6.45) is 7.34. The van der Waals surface area contributed by atoms with Crippen molar-refractivity contribution in [2.45, 2.75) is 52.6 Å². The summed E-state index contributed by atoms with van der Waals surface area (Å²) in [5.74, 6) is -0.0960. The highest BCUT2D eigenvalue weighted by atomic mass is 35.5. The lowest BCUT2D eigenvalue weighted by molar-refractivity contribution is -0.137. The summed E-state index contributed by atoms with van der Waals surface area (Å²) in [5, 5.41) is 0.496. The molecule has 0 N–H and O–H groups in total. The maximum Gasteiger partial charge on any atom is 0.387 e. The fraction of sp³-hybridized carbons (Fsp3) is 0.355. The minimum Gasteiger partial charge on any atom is -0.489 e. The zero-order valence-electron chi connectivity index (χ0n) is 22.5. The van der Waals surface area contributed by atoms with Gasteiger partial charge in [0.1, 0.15) is 5.76 Å².